The summed E-state index contributed by atoms with van der Waals surface area (Å²) in [5, 5.41) is 6.14. The molecule has 0 aromatic carbocycles. The van der Waals surface area contributed by atoms with Gasteiger partial charge in [-0.05, 0) is 18.4 Å². The van der Waals surface area contributed by atoms with Crippen molar-refractivity contribution < 1.29 is 14.3 Å². The van der Waals surface area contributed by atoms with E-state index >= 15 is 0 Å². The van der Waals surface area contributed by atoms with Gasteiger partial charge in [0.15, 0.2) is 6.29 Å². The lowest BCUT2D eigenvalue weighted by Crippen LogP contribution is -2.20. The molecule has 2 rings (SSSR count). The van der Waals surface area contributed by atoms with Crippen molar-refractivity contribution >= 4 is 29.4 Å². The molecule has 0 spiro atoms. The minimum Gasteiger partial charge on any atom is -0.467 e. The van der Waals surface area contributed by atoms with Crippen molar-refractivity contribution in [3.8, 4) is 10.6 Å². The van der Waals surface area contributed by atoms with E-state index in [0.717, 1.165) is 4.88 Å². The van der Waals surface area contributed by atoms with E-state index in [0.29, 0.717) is 17.5 Å². The summed E-state index contributed by atoms with van der Waals surface area (Å²) in [6.45, 7) is 1.61. The molecule has 0 radical (unpaired) electrons. The maximum absolute atomic E-state index is 11.5. The summed E-state index contributed by atoms with van der Waals surface area (Å²) in [7, 11) is 1.29. The fourth-order valence-corrected chi connectivity index (χ4v) is 2.46. The Morgan fingerprint density at radius 2 is 2.37 bits per heavy atom. The van der Waals surface area contributed by atoms with E-state index in [4.69, 9.17) is 5.73 Å². The van der Waals surface area contributed by atoms with E-state index in [1.807, 2.05) is 17.5 Å². The van der Waals surface area contributed by atoms with Gasteiger partial charge >= 0.3 is 5.97 Å². The van der Waals surface area contributed by atoms with E-state index in [-0.39, 0.29) is 5.82 Å². The Kier molecular flexibility index (Phi) is 3.66. The first kappa shape index (κ1) is 13.3. The number of aromatic nitrogens is 2. The van der Waals surface area contributed by atoms with Crippen molar-refractivity contribution in [3.63, 3.8) is 0 Å². The Bertz CT molecular complexity index is 604. The van der Waals surface area contributed by atoms with Crippen LogP contribution >= 0.6 is 11.3 Å². The van der Waals surface area contributed by atoms with E-state index in [1.54, 1.807) is 6.92 Å². The number of anilines is 1. The van der Waals surface area contributed by atoms with Gasteiger partial charge in [0.2, 0.25) is 0 Å². The number of esters is 1. The summed E-state index contributed by atoms with van der Waals surface area (Å²) in [5.74, 6) is -0.305. The van der Waals surface area contributed by atoms with Crippen LogP contribution in [0.4, 0.5) is 5.82 Å². The fourth-order valence-electron chi connectivity index (χ4n) is 1.74. The van der Waals surface area contributed by atoms with Crippen LogP contribution in [0.15, 0.2) is 17.5 Å². The van der Waals surface area contributed by atoms with Crippen LogP contribution < -0.4 is 5.73 Å². The molecule has 0 saturated heterocycles. The van der Waals surface area contributed by atoms with Crippen molar-refractivity contribution in [1.29, 1.82) is 0 Å². The van der Waals surface area contributed by atoms with Gasteiger partial charge in [-0.25, -0.2) is 9.48 Å². The van der Waals surface area contributed by atoms with Crippen LogP contribution in [0, 0.1) is 0 Å². The number of rotatable bonds is 4. The number of thiophene rings is 1. The third-order valence-corrected chi connectivity index (χ3v) is 3.64. The van der Waals surface area contributed by atoms with E-state index in [2.05, 4.69) is 9.84 Å². The van der Waals surface area contributed by atoms with Gasteiger partial charge in [0.1, 0.15) is 17.6 Å². The van der Waals surface area contributed by atoms with Gasteiger partial charge in [0, 0.05) is 0 Å². The van der Waals surface area contributed by atoms with Gasteiger partial charge in [-0.1, -0.05) is 6.07 Å². The molecule has 2 N–H and O–H groups in total. The summed E-state index contributed by atoms with van der Waals surface area (Å²) >= 11 is 1.45. The predicted octanol–water partition coefficient (Wildman–Crippen LogP) is 1.74. The van der Waals surface area contributed by atoms with Gasteiger partial charge in [-0.15, -0.1) is 11.3 Å². The molecule has 0 aliphatic rings. The smallest absolute Gasteiger partial charge is 0.330 e. The van der Waals surface area contributed by atoms with Gasteiger partial charge in [-0.3, -0.25) is 4.79 Å². The lowest BCUT2D eigenvalue weighted by molar-refractivity contribution is -0.144. The zero-order chi connectivity index (χ0) is 14.0. The fraction of sp³-hybridized carbons (Fsp3) is 0.250. The molecule has 0 aliphatic heterocycles. The molecule has 2 aromatic heterocycles. The first-order chi connectivity index (χ1) is 9.10. The van der Waals surface area contributed by atoms with Crippen LogP contribution in [0.5, 0.6) is 0 Å². The summed E-state index contributed by atoms with van der Waals surface area (Å²) in [4.78, 5) is 23.5. The summed E-state index contributed by atoms with van der Waals surface area (Å²) < 4.78 is 5.96. The number of nitrogens with two attached hydrogens (primary N) is 1. The Morgan fingerprint density at radius 3 is 2.89 bits per heavy atom. The Labute approximate surface area is 113 Å². The average molecular weight is 279 g/mol. The number of ether oxygens (including phenoxy) is 1. The number of aldehydes is 1. The van der Waals surface area contributed by atoms with Gasteiger partial charge in [0.05, 0.1) is 17.6 Å². The van der Waals surface area contributed by atoms with Gasteiger partial charge < -0.3 is 10.5 Å². The first-order valence-electron chi connectivity index (χ1n) is 5.55. The molecular weight excluding hydrogens is 266 g/mol. The molecule has 100 valence electrons. The zero-order valence-electron chi connectivity index (χ0n) is 10.5. The number of hydrogen-bond donors (Lipinski definition) is 1. The molecule has 0 bridgehead atoms. The normalized spacial score (nSPS) is 12.1. The number of methoxy groups -OCH3 is 1. The molecule has 2 aromatic rings. The van der Waals surface area contributed by atoms with Crippen molar-refractivity contribution in [1.82, 2.24) is 9.78 Å². The molecule has 19 heavy (non-hydrogen) atoms. The third kappa shape index (κ3) is 2.24. The molecule has 0 aliphatic carbocycles. The maximum atomic E-state index is 11.5. The summed E-state index contributed by atoms with van der Waals surface area (Å²) in [6.07, 6.45) is 0.651. The van der Waals surface area contributed by atoms with Crippen LogP contribution in [0.3, 0.4) is 0 Å². The van der Waals surface area contributed by atoms with Crippen LogP contribution in [0.2, 0.25) is 0 Å². The molecule has 6 nitrogen and oxygen atoms in total. The lowest BCUT2D eigenvalue weighted by Gasteiger charge is -2.10. The van der Waals surface area contributed by atoms with Crippen molar-refractivity contribution in [3.05, 3.63) is 23.1 Å². The summed E-state index contributed by atoms with van der Waals surface area (Å²) in [6, 6.07) is 3.01. The van der Waals surface area contributed by atoms with Crippen molar-refractivity contribution in [2.75, 3.05) is 12.8 Å². The highest BCUT2D eigenvalue weighted by atomic mass is 32.1. The predicted molar refractivity (Wildman–Crippen MR) is 72.1 cm³/mol. The molecule has 0 saturated carbocycles. The average Bonchev–Trinajstić information content (AvgIpc) is 3.04. The number of nitrogens with zero attached hydrogens (tertiary/aromatic N) is 2. The van der Waals surface area contributed by atoms with Gasteiger partial charge in [0.25, 0.3) is 0 Å². The lowest BCUT2D eigenvalue weighted by atomic mass is 10.2. The highest BCUT2D eigenvalue weighted by Crippen LogP contribution is 2.30. The van der Waals surface area contributed by atoms with E-state index in [9.17, 15) is 9.59 Å². The highest BCUT2D eigenvalue weighted by Gasteiger charge is 2.24. The summed E-state index contributed by atoms with van der Waals surface area (Å²) in [5.41, 5.74) is 6.65. The minimum absolute atomic E-state index is 0.163. The second kappa shape index (κ2) is 5.23. The maximum Gasteiger partial charge on any atom is 0.330 e. The molecule has 1 atom stereocenters. The number of nitrogen functional groups attached to an aromatic ring is 1. The van der Waals surface area contributed by atoms with Crippen molar-refractivity contribution in [2.24, 2.45) is 0 Å². The molecule has 1 unspecified atom stereocenters. The number of hydrogen-bond acceptors (Lipinski definition) is 6. The third-order valence-electron chi connectivity index (χ3n) is 2.77. The molecule has 2 heterocycles. The van der Waals surface area contributed by atoms with Crippen LogP contribution in [0.1, 0.15) is 23.3 Å². The van der Waals surface area contributed by atoms with Crippen LogP contribution in [0.25, 0.3) is 10.6 Å². The highest BCUT2D eigenvalue weighted by molar-refractivity contribution is 7.13. The van der Waals surface area contributed by atoms with Gasteiger partial charge in [-0.2, -0.15) is 5.10 Å². The standard InChI is InChI=1S/C12H13N3O3S/c1-7(12(17)18-2)15-11(13)8(6-16)10(14-15)9-4-3-5-19-9/h3-7H,13H2,1-2H3. The van der Waals surface area contributed by atoms with Crippen molar-refractivity contribution in [2.45, 2.75) is 13.0 Å². The minimum atomic E-state index is -0.683. The Hall–Kier alpha value is -2.15. The molecule has 0 fully saturated rings. The monoisotopic (exact) mass is 279 g/mol. The van der Waals surface area contributed by atoms with E-state index < -0.39 is 12.0 Å². The molecule has 7 heteroatoms. The Morgan fingerprint density at radius 1 is 1.63 bits per heavy atom. The Balaban J connectivity index is 2.53. The van der Waals surface area contributed by atoms with Crippen LogP contribution in [-0.4, -0.2) is 29.1 Å². The SMILES string of the molecule is COC(=O)C(C)n1nc(-c2cccs2)c(C=O)c1N. The second-order valence-electron chi connectivity index (χ2n) is 3.89. The number of carbonyl (C=O) groups is 2. The number of carbonyl (C=O) groups excluding carboxylic acids is 2. The molecule has 0 amide bonds. The zero-order valence-corrected chi connectivity index (χ0v) is 11.3. The molecular formula is C12H13N3O3S. The first-order valence-corrected chi connectivity index (χ1v) is 6.43. The largest absolute Gasteiger partial charge is 0.467 e. The van der Waals surface area contributed by atoms with Crippen LogP contribution in [-0.2, 0) is 9.53 Å². The quantitative estimate of drug-likeness (QED) is 0.680. The van der Waals surface area contributed by atoms with E-state index in [1.165, 1.54) is 23.1 Å². The topological polar surface area (TPSA) is 87.2 Å². The second-order valence-corrected chi connectivity index (χ2v) is 4.83.